The van der Waals surface area contributed by atoms with E-state index in [0.29, 0.717) is 33.9 Å². The molecule has 3 amide bonds. The van der Waals surface area contributed by atoms with Crippen LogP contribution in [0.15, 0.2) is 66.7 Å². The van der Waals surface area contributed by atoms with E-state index in [9.17, 15) is 14.4 Å². The van der Waals surface area contributed by atoms with Crippen LogP contribution in [0, 0.1) is 6.92 Å². The van der Waals surface area contributed by atoms with Gasteiger partial charge < -0.3 is 25.4 Å². The summed E-state index contributed by atoms with van der Waals surface area (Å²) in [6.45, 7) is 2.40. The molecule has 0 fully saturated rings. The predicted molar refractivity (Wildman–Crippen MR) is 130 cm³/mol. The number of rotatable bonds is 9. The highest BCUT2D eigenvalue weighted by Gasteiger charge is 2.17. The Labute approximate surface area is 198 Å². The SMILES string of the molecule is COc1cccc(OC)c1C(=O)NCCNC(=O)c1ccc(NC(=O)c2ccc(C)cc2)cc1. The van der Waals surface area contributed by atoms with Gasteiger partial charge in [-0.1, -0.05) is 23.8 Å². The Morgan fingerprint density at radius 2 is 1.18 bits per heavy atom. The molecule has 0 aliphatic carbocycles. The van der Waals surface area contributed by atoms with E-state index in [1.54, 1.807) is 54.6 Å². The molecule has 8 nitrogen and oxygen atoms in total. The third-order valence-electron chi connectivity index (χ3n) is 5.07. The van der Waals surface area contributed by atoms with Crippen molar-refractivity contribution < 1.29 is 23.9 Å². The van der Waals surface area contributed by atoms with Crippen molar-refractivity contribution in [2.75, 3.05) is 32.6 Å². The van der Waals surface area contributed by atoms with Crippen molar-refractivity contribution in [1.29, 1.82) is 0 Å². The van der Waals surface area contributed by atoms with Gasteiger partial charge in [-0.2, -0.15) is 0 Å². The van der Waals surface area contributed by atoms with Crippen molar-refractivity contribution in [3.05, 3.63) is 89.0 Å². The molecule has 0 aliphatic rings. The molecule has 0 saturated heterocycles. The number of benzene rings is 3. The second kappa shape index (κ2) is 11.5. The van der Waals surface area contributed by atoms with E-state index in [1.807, 2.05) is 19.1 Å². The number of hydrogen-bond acceptors (Lipinski definition) is 5. The minimum atomic E-state index is -0.364. The molecule has 3 aromatic rings. The van der Waals surface area contributed by atoms with Gasteiger partial charge in [-0.15, -0.1) is 0 Å². The van der Waals surface area contributed by atoms with Crippen molar-refractivity contribution in [2.24, 2.45) is 0 Å². The lowest BCUT2D eigenvalue weighted by Gasteiger charge is -2.13. The van der Waals surface area contributed by atoms with Gasteiger partial charge in [-0.3, -0.25) is 14.4 Å². The van der Waals surface area contributed by atoms with Crippen molar-refractivity contribution in [3.8, 4) is 11.5 Å². The molecular weight excluding hydrogens is 434 g/mol. The van der Waals surface area contributed by atoms with Crippen molar-refractivity contribution >= 4 is 23.4 Å². The average Bonchev–Trinajstić information content (AvgIpc) is 2.86. The monoisotopic (exact) mass is 461 g/mol. The lowest BCUT2D eigenvalue weighted by Crippen LogP contribution is -2.35. The third kappa shape index (κ3) is 6.13. The molecule has 3 N–H and O–H groups in total. The van der Waals surface area contributed by atoms with Crippen LogP contribution in [0.3, 0.4) is 0 Å². The van der Waals surface area contributed by atoms with Gasteiger partial charge in [0.1, 0.15) is 17.1 Å². The van der Waals surface area contributed by atoms with E-state index >= 15 is 0 Å². The summed E-state index contributed by atoms with van der Waals surface area (Å²) < 4.78 is 10.5. The quantitative estimate of drug-likeness (QED) is 0.424. The summed E-state index contributed by atoms with van der Waals surface area (Å²) in [7, 11) is 2.95. The van der Waals surface area contributed by atoms with Gasteiger partial charge in [0, 0.05) is 29.9 Å². The molecule has 0 spiro atoms. The number of methoxy groups -OCH3 is 2. The molecule has 3 rings (SSSR count). The van der Waals surface area contributed by atoms with E-state index in [4.69, 9.17) is 9.47 Å². The number of amides is 3. The maximum atomic E-state index is 12.5. The Bertz CT molecular complexity index is 1140. The fourth-order valence-corrected chi connectivity index (χ4v) is 3.23. The molecule has 34 heavy (non-hydrogen) atoms. The second-order valence-corrected chi connectivity index (χ2v) is 7.45. The average molecular weight is 462 g/mol. The highest BCUT2D eigenvalue weighted by atomic mass is 16.5. The molecule has 3 aromatic carbocycles. The molecule has 0 unspecified atom stereocenters. The summed E-state index contributed by atoms with van der Waals surface area (Å²) in [5, 5.41) is 8.30. The molecule has 0 aromatic heterocycles. The molecule has 0 aliphatic heterocycles. The van der Waals surface area contributed by atoms with Gasteiger partial charge in [-0.05, 0) is 55.5 Å². The Kier molecular flexibility index (Phi) is 8.23. The number of carbonyl (C=O) groups is 3. The third-order valence-corrected chi connectivity index (χ3v) is 5.07. The first-order chi connectivity index (χ1) is 16.4. The first kappa shape index (κ1) is 24.3. The summed E-state index contributed by atoms with van der Waals surface area (Å²) in [4.78, 5) is 37.3. The van der Waals surface area contributed by atoms with Gasteiger partial charge >= 0.3 is 0 Å². The van der Waals surface area contributed by atoms with Crippen LogP contribution in [0.25, 0.3) is 0 Å². The Hall–Kier alpha value is -4.33. The Morgan fingerprint density at radius 3 is 1.74 bits per heavy atom. The van der Waals surface area contributed by atoms with Gasteiger partial charge in [0.15, 0.2) is 0 Å². The lowest BCUT2D eigenvalue weighted by atomic mass is 10.1. The summed E-state index contributed by atoms with van der Waals surface area (Å²) in [6.07, 6.45) is 0. The van der Waals surface area contributed by atoms with Crippen LogP contribution in [0.4, 0.5) is 5.69 Å². The minimum absolute atomic E-state index is 0.219. The summed E-state index contributed by atoms with van der Waals surface area (Å²) in [6, 6.07) is 18.9. The number of ether oxygens (including phenoxy) is 2. The number of carbonyl (C=O) groups excluding carboxylic acids is 3. The second-order valence-electron chi connectivity index (χ2n) is 7.45. The molecule has 0 heterocycles. The molecule has 0 saturated carbocycles. The molecule has 176 valence electrons. The van der Waals surface area contributed by atoms with E-state index in [2.05, 4.69) is 16.0 Å². The van der Waals surface area contributed by atoms with Gasteiger partial charge in [0.2, 0.25) is 0 Å². The van der Waals surface area contributed by atoms with Crippen molar-refractivity contribution in [2.45, 2.75) is 6.92 Å². The zero-order valence-corrected chi connectivity index (χ0v) is 19.3. The first-order valence-corrected chi connectivity index (χ1v) is 10.7. The van der Waals surface area contributed by atoms with Crippen LogP contribution < -0.4 is 25.4 Å². The van der Waals surface area contributed by atoms with E-state index in [-0.39, 0.29) is 30.8 Å². The lowest BCUT2D eigenvalue weighted by molar-refractivity contribution is 0.0924. The minimum Gasteiger partial charge on any atom is -0.496 e. The summed E-state index contributed by atoms with van der Waals surface area (Å²) in [5.41, 5.74) is 2.94. The zero-order chi connectivity index (χ0) is 24.5. The topological polar surface area (TPSA) is 106 Å². The van der Waals surface area contributed by atoms with Crippen LogP contribution in [0.1, 0.15) is 36.6 Å². The Balaban J connectivity index is 1.49. The molecule has 0 atom stereocenters. The van der Waals surface area contributed by atoms with Gasteiger partial charge in [-0.25, -0.2) is 0 Å². The van der Waals surface area contributed by atoms with E-state index in [1.165, 1.54) is 14.2 Å². The highest BCUT2D eigenvalue weighted by molar-refractivity contribution is 6.04. The van der Waals surface area contributed by atoms with Crippen LogP contribution in [-0.4, -0.2) is 45.0 Å². The summed E-state index contributed by atoms with van der Waals surface area (Å²) in [5.74, 6) is -0.0803. The van der Waals surface area contributed by atoms with Crippen molar-refractivity contribution in [3.63, 3.8) is 0 Å². The van der Waals surface area contributed by atoms with Crippen LogP contribution >= 0.6 is 0 Å². The molecule has 0 bridgehead atoms. The van der Waals surface area contributed by atoms with Gasteiger partial charge in [0.25, 0.3) is 17.7 Å². The van der Waals surface area contributed by atoms with E-state index < -0.39 is 0 Å². The maximum absolute atomic E-state index is 12.5. The number of hydrogen-bond donors (Lipinski definition) is 3. The first-order valence-electron chi connectivity index (χ1n) is 10.7. The maximum Gasteiger partial charge on any atom is 0.258 e. The zero-order valence-electron chi connectivity index (χ0n) is 19.3. The molecular formula is C26H27N3O5. The van der Waals surface area contributed by atoms with E-state index in [0.717, 1.165) is 5.56 Å². The highest BCUT2D eigenvalue weighted by Crippen LogP contribution is 2.27. The normalized spacial score (nSPS) is 10.2. The molecule has 0 radical (unpaired) electrons. The van der Waals surface area contributed by atoms with Crippen LogP contribution in [-0.2, 0) is 0 Å². The summed E-state index contributed by atoms with van der Waals surface area (Å²) >= 11 is 0. The fourth-order valence-electron chi connectivity index (χ4n) is 3.23. The van der Waals surface area contributed by atoms with Crippen LogP contribution in [0.5, 0.6) is 11.5 Å². The fraction of sp³-hybridized carbons (Fsp3) is 0.192. The predicted octanol–water partition coefficient (Wildman–Crippen LogP) is 3.42. The Morgan fingerprint density at radius 1 is 0.676 bits per heavy atom. The van der Waals surface area contributed by atoms with Gasteiger partial charge in [0.05, 0.1) is 14.2 Å². The van der Waals surface area contributed by atoms with Crippen LogP contribution in [0.2, 0.25) is 0 Å². The largest absolute Gasteiger partial charge is 0.496 e. The van der Waals surface area contributed by atoms with Crippen molar-refractivity contribution in [1.82, 2.24) is 10.6 Å². The number of nitrogens with one attached hydrogen (secondary N) is 3. The number of aryl methyl sites for hydroxylation is 1. The smallest absolute Gasteiger partial charge is 0.258 e. The molecule has 8 heteroatoms. The number of anilines is 1. The standard InChI is InChI=1S/C26H27N3O5/c1-17-7-9-19(10-8-17)25(31)29-20-13-11-18(12-14-20)24(30)27-15-16-28-26(32)23-21(33-2)5-4-6-22(23)34-3/h4-14H,15-16H2,1-3H3,(H,27,30)(H,28,32)(H,29,31).